The SMILES string of the molecule is CNC(CSc1ccc(Cl)cc1)Cc1cncs1. The van der Waals surface area contributed by atoms with Crippen molar-refractivity contribution >= 4 is 34.7 Å². The van der Waals surface area contributed by atoms with E-state index in [0.717, 1.165) is 17.2 Å². The maximum atomic E-state index is 5.87. The number of likely N-dealkylation sites (N-methyl/N-ethyl adjacent to an activating group) is 1. The Morgan fingerprint density at radius 2 is 2.17 bits per heavy atom. The van der Waals surface area contributed by atoms with Gasteiger partial charge in [-0.1, -0.05) is 11.6 Å². The minimum atomic E-state index is 0.464. The smallest absolute Gasteiger partial charge is 0.0794 e. The molecule has 1 atom stereocenters. The third kappa shape index (κ3) is 4.28. The van der Waals surface area contributed by atoms with Gasteiger partial charge in [0.25, 0.3) is 0 Å². The topological polar surface area (TPSA) is 24.9 Å². The van der Waals surface area contributed by atoms with Crippen molar-refractivity contribution in [3.05, 3.63) is 45.9 Å². The highest BCUT2D eigenvalue weighted by molar-refractivity contribution is 7.99. The molecule has 96 valence electrons. The minimum Gasteiger partial charge on any atom is -0.316 e. The molecule has 1 heterocycles. The number of aromatic nitrogens is 1. The maximum Gasteiger partial charge on any atom is 0.0794 e. The lowest BCUT2D eigenvalue weighted by molar-refractivity contribution is 0.621. The van der Waals surface area contributed by atoms with E-state index in [1.165, 1.54) is 9.77 Å². The van der Waals surface area contributed by atoms with E-state index in [-0.39, 0.29) is 0 Å². The number of hydrogen-bond acceptors (Lipinski definition) is 4. The molecular formula is C13H15ClN2S2. The van der Waals surface area contributed by atoms with Crippen molar-refractivity contribution in [1.82, 2.24) is 10.3 Å². The highest BCUT2D eigenvalue weighted by Gasteiger charge is 2.09. The number of halogens is 1. The van der Waals surface area contributed by atoms with Gasteiger partial charge in [-0.05, 0) is 37.7 Å². The molecule has 0 saturated carbocycles. The predicted molar refractivity (Wildman–Crippen MR) is 80.8 cm³/mol. The first-order valence-corrected chi connectivity index (χ1v) is 7.95. The molecule has 0 radical (unpaired) electrons. The fourth-order valence-electron chi connectivity index (χ4n) is 1.56. The molecule has 2 rings (SSSR count). The van der Waals surface area contributed by atoms with Gasteiger partial charge in [0.15, 0.2) is 0 Å². The molecular weight excluding hydrogens is 284 g/mol. The highest BCUT2D eigenvalue weighted by Crippen LogP contribution is 2.22. The Morgan fingerprint density at radius 1 is 1.39 bits per heavy atom. The molecule has 1 N–H and O–H groups in total. The van der Waals surface area contributed by atoms with Gasteiger partial charge in [0.05, 0.1) is 5.51 Å². The van der Waals surface area contributed by atoms with Crippen LogP contribution in [0.1, 0.15) is 4.88 Å². The van der Waals surface area contributed by atoms with E-state index < -0.39 is 0 Å². The van der Waals surface area contributed by atoms with Gasteiger partial charge in [-0.25, -0.2) is 0 Å². The monoisotopic (exact) mass is 298 g/mol. The Hall–Kier alpha value is -0.550. The molecule has 0 saturated heterocycles. The summed E-state index contributed by atoms with van der Waals surface area (Å²) in [5.74, 6) is 1.04. The molecule has 0 aliphatic carbocycles. The van der Waals surface area contributed by atoms with Crippen molar-refractivity contribution in [2.75, 3.05) is 12.8 Å². The van der Waals surface area contributed by atoms with Crippen molar-refractivity contribution in [3.63, 3.8) is 0 Å². The van der Waals surface area contributed by atoms with Gasteiger partial charge in [0.2, 0.25) is 0 Å². The molecule has 5 heteroatoms. The molecule has 0 amide bonds. The summed E-state index contributed by atoms with van der Waals surface area (Å²) in [5.41, 5.74) is 1.88. The first kappa shape index (κ1) is 13.9. The number of thioether (sulfide) groups is 1. The molecule has 1 unspecified atom stereocenters. The Morgan fingerprint density at radius 3 is 2.78 bits per heavy atom. The Labute approximate surface area is 121 Å². The summed E-state index contributed by atoms with van der Waals surface area (Å²) in [6.07, 6.45) is 2.98. The third-order valence-corrected chi connectivity index (χ3v) is 4.83. The largest absolute Gasteiger partial charge is 0.316 e. The Kier molecular flexibility index (Phi) is 5.50. The van der Waals surface area contributed by atoms with E-state index in [1.54, 1.807) is 11.3 Å². The second-order valence-electron chi connectivity index (χ2n) is 3.92. The summed E-state index contributed by atoms with van der Waals surface area (Å²) in [6.45, 7) is 0. The van der Waals surface area contributed by atoms with Gasteiger partial charge >= 0.3 is 0 Å². The molecule has 0 aliphatic heterocycles. The normalized spacial score (nSPS) is 12.6. The zero-order valence-electron chi connectivity index (χ0n) is 10.1. The Bertz CT molecular complexity index is 456. The average molecular weight is 299 g/mol. The lowest BCUT2D eigenvalue weighted by Crippen LogP contribution is -2.29. The number of benzene rings is 1. The van der Waals surface area contributed by atoms with Gasteiger partial charge in [-0.15, -0.1) is 23.1 Å². The van der Waals surface area contributed by atoms with Crippen LogP contribution in [0.2, 0.25) is 5.02 Å². The van der Waals surface area contributed by atoms with E-state index in [9.17, 15) is 0 Å². The number of thiazole rings is 1. The summed E-state index contributed by atoms with van der Waals surface area (Å²) in [5, 5.41) is 4.14. The molecule has 0 fully saturated rings. The van der Waals surface area contributed by atoms with Gasteiger partial charge in [-0.2, -0.15) is 0 Å². The van der Waals surface area contributed by atoms with E-state index in [4.69, 9.17) is 11.6 Å². The number of nitrogens with one attached hydrogen (secondary N) is 1. The molecule has 0 aliphatic rings. The van der Waals surface area contributed by atoms with Gasteiger partial charge < -0.3 is 5.32 Å². The van der Waals surface area contributed by atoms with Crippen LogP contribution in [0.5, 0.6) is 0 Å². The fraction of sp³-hybridized carbons (Fsp3) is 0.308. The average Bonchev–Trinajstić information content (AvgIpc) is 2.89. The minimum absolute atomic E-state index is 0.464. The molecule has 1 aromatic heterocycles. The zero-order chi connectivity index (χ0) is 12.8. The number of hydrogen-bond donors (Lipinski definition) is 1. The summed E-state index contributed by atoms with van der Waals surface area (Å²) >= 11 is 9.43. The Balaban J connectivity index is 1.85. The predicted octanol–water partition coefficient (Wildman–Crippen LogP) is 3.72. The molecule has 2 aromatic rings. The first-order chi connectivity index (χ1) is 8.78. The molecule has 2 nitrogen and oxygen atoms in total. The van der Waals surface area contributed by atoms with Crippen molar-refractivity contribution in [1.29, 1.82) is 0 Å². The van der Waals surface area contributed by atoms with Crippen LogP contribution in [0.15, 0.2) is 40.9 Å². The fourth-order valence-corrected chi connectivity index (χ4v) is 3.37. The van der Waals surface area contributed by atoms with Gasteiger partial charge in [0, 0.05) is 32.8 Å². The van der Waals surface area contributed by atoms with E-state index in [0.29, 0.717) is 6.04 Å². The third-order valence-electron chi connectivity index (χ3n) is 2.60. The van der Waals surface area contributed by atoms with Crippen LogP contribution in [0.25, 0.3) is 0 Å². The first-order valence-electron chi connectivity index (χ1n) is 5.71. The van der Waals surface area contributed by atoms with Crippen molar-refractivity contribution in [3.8, 4) is 0 Å². The number of nitrogens with zero attached hydrogens (tertiary/aromatic N) is 1. The van der Waals surface area contributed by atoms with Crippen molar-refractivity contribution in [2.24, 2.45) is 0 Å². The second kappa shape index (κ2) is 7.14. The van der Waals surface area contributed by atoms with Gasteiger partial charge in [0.1, 0.15) is 0 Å². The molecule has 1 aromatic carbocycles. The van der Waals surface area contributed by atoms with E-state index >= 15 is 0 Å². The maximum absolute atomic E-state index is 5.87. The van der Waals surface area contributed by atoms with Crippen LogP contribution in [-0.2, 0) is 6.42 Å². The van der Waals surface area contributed by atoms with Crippen LogP contribution in [0, 0.1) is 0 Å². The summed E-state index contributed by atoms with van der Waals surface area (Å²) in [6, 6.07) is 8.45. The lowest BCUT2D eigenvalue weighted by Gasteiger charge is -2.14. The highest BCUT2D eigenvalue weighted by atomic mass is 35.5. The van der Waals surface area contributed by atoms with E-state index in [1.807, 2.05) is 42.6 Å². The second-order valence-corrected chi connectivity index (χ2v) is 6.42. The quantitative estimate of drug-likeness (QED) is 0.823. The summed E-state index contributed by atoms with van der Waals surface area (Å²) < 4.78 is 0. The van der Waals surface area contributed by atoms with Crippen molar-refractivity contribution in [2.45, 2.75) is 17.4 Å². The standard InChI is InChI=1S/C13H15ClN2S2/c1-15-11(6-13-7-16-9-18-13)8-17-12-4-2-10(14)3-5-12/h2-5,7,9,11,15H,6,8H2,1H3. The molecule has 0 spiro atoms. The van der Waals surface area contributed by atoms with Crippen LogP contribution in [0.3, 0.4) is 0 Å². The van der Waals surface area contributed by atoms with Crippen LogP contribution >= 0.6 is 34.7 Å². The van der Waals surface area contributed by atoms with Crippen LogP contribution in [-0.4, -0.2) is 23.8 Å². The summed E-state index contributed by atoms with van der Waals surface area (Å²) in [7, 11) is 2.01. The van der Waals surface area contributed by atoms with Crippen molar-refractivity contribution < 1.29 is 0 Å². The van der Waals surface area contributed by atoms with Crippen LogP contribution in [0.4, 0.5) is 0 Å². The van der Waals surface area contributed by atoms with Gasteiger partial charge in [-0.3, -0.25) is 4.98 Å². The lowest BCUT2D eigenvalue weighted by atomic mass is 10.2. The van der Waals surface area contributed by atoms with Crippen LogP contribution < -0.4 is 5.32 Å². The summed E-state index contributed by atoms with van der Waals surface area (Å²) in [4.78, 5) is 6.69. The zero-order valence-corrected chi connectivity index (χ0v) is 12.5. The van der Waals surface area contributed by atoms with E-state index in [2.05, 4.69) is 22.4 Å². The molecule has 0 bridgehead atoms. The molecule has 18 heavy (non-hydrogen) atoms. The number of rotatable bonds is 6.